The minimum absolute atomic E-state index is 0.0825. The zero-order valence-electron chi connectivity index (χ0n) is 14.6. The predicted octanol–water partition coefficient (Wildman–Crippen LogP) is 5.79. The first-order valence-electron chi connectivity index (χ1n) is 8.50. The van der Waals surface area contributed by atoms with Gasteiger partial charge in [0.25, 0.3) is 0 Å². The molecule has 27 heavy (non-hydrogen) atoms. The van der Waals surface area contributed by atoms with Crippen LogP contribution < -0.4 is 4.74 Å². The van der Waals surface area contributed by atoms with Gasteiger partial charge < -0.3 is 4.74 Å². The van der Waals surface area contributed by atoms with E-state index in [1.54, 1.807) is 43.5 Å². The molecule has 0 aliphatic rings. The summed E-state index contributed by atoms with van der Waals surface area (Å²) in [6.07, 6.45) is 0. The first-order chi connectivity index (χ1) is 13.2. The fraction of sp³-hybridized carbons (Fsp3) is 0.0435. The lowest BCUT2D eigenvalue weighted by Gasteiger charge is -2.11. The Bertz CT molecular complexity index is 1120. The van der Waals surface area contributed by atoms with Crippen molar-refractivity contribution in [3.63, 3.8) is 0 Å². The molecule has 132 valence electrons. The number of ether oxygens (including phenoxy) is 1. The van der Waals surface area contributed by atoms with Crippen LogP contribution in [-0.2, 0) is 0 Å². The van der Waals surface area contributed by atoms with E-state index < -0.39 is 0 Å². The minimum Gasteiger partial charge on any atom is -0.497 e. The van der Waals surface area contributed by atoms with Crippen LogP contribution >= 0.6 is 11.6 Å². The molecule has 0 saturated carbocycles. The maximum Gasteiger partial charge on any atom is 0.195 e. The minimum atomic E-state index is -0.0825. The molecule has 3 aromatic carbocycles. The number of para-hydroxylation sites is 1. The summed E-state index contributed by atoms with van der Waals surface area (Å²) >= 11 is 6.02. The van der Waals surface area contributed by atoms with E-state index in [0.29, 0.717) is 27.6 Å². The molecule has 0 spiro atoms. The lowest BCUT2D eigenvalue weighted by Crippen LogP contribution is -2.05. The normalized spacial score (nSPS) is 10.7. The Morgan fingerprint density at radius 1 is 0.926 bits per heavy atom. The van der Waals surface area contributed by atoms with Crippen LogP contribution in [0, 0.1) is 0 Å². The second-order valence-corrected chi connectivity index (χ2v) is 6.58. The highest BCUT2D eigenvalue weighted by atomic mass is 35.5. The number of ketones is 1. The van der Waals surface area contributed by atoms with Crippen molar-refractivity contribution in [3.05, 3.63) is 95.0 Å². The maximum atomic E-state index is 13.2. The van der Waals surface area contributed by atoms with Gasteiger partial charge >= 0.3 is 0 Å². The number of pyridine rings is 1. The van der Waals surface area contributed by atoms with Crippen molar-refractivity contribution in [1.29, 1.82) is 0 Å². The van der Waals surface area contributed by atoms with Crippen molar-refractivity contribution < 1.29 is 9.53 Å². The second-order valence-electron chi connectivity index (χ2n) is 6.14. The molecule has 4 heteroatoms. The molecule has 0 amide bonds. The van der Waals surface area contributed by atoms with Gasteiger partial charge in [-0.1, -0.05) is 41.9 Å². The van der Waals surface area contributed by atoms with Crippen molar-refractivity contribution in [2.75, 3.05) is 7.11 Å². The zero-order chi connectivity index (χ0) is 18.8. The molecule has 3 nitrogen and oxygen atoms in total. The number of halogens is 1. The molecule has 0 N–H and O–H groups in total. The highest BCUT2D eigenvalue weighted by molar-refractivity contribution is 6.30. The van der Waals surface area contributed by atoms with E-state index in [1.165, 1.54) is 0 Å². The van der Waals surface area contributed by atoms with E-state index >= 15 is 0 Å². The van der Waals surface area contributed by atoms with Crippen LogP contribution in [0.25, 0.3) is 22.2 Å². The van der Waals surface area contributed by atoms with Gasteiger partial charge in [-0.3, -0.25) is 4.79 Å². The summed E-state index contributed by atoms with van der Waals surface area (Å²) in [6.45, 7) is 0. The highest BCUT2D eigenvalue weighted by Gasteiger charge is 2.18. The van der Waals surface area contributed by atoms with Gasteiger partial charge in [-0.05, 0) is 48.5 Å². The number of aromatic nitrogens is 1. The SMILES string of the molecule is COc1ccc(C(=O)c2cc3ccccc3nc2-c2ccc(Cl)cc2)cc1. The van der Waals surface area contributed by atoms with Crippen LogP contribution in [0.1, 0.15) is 15.9 Å². The molecule has 0 aliphatic heterocycles. The summed E-state index contributed by atoms with van der Waals surface area (Å²) in [7, 11) is 1.60. The van der Waals surface area contributed by atoms with Crippen LogP contribution in [-0.4, -0.2) is 17.9 Å². The molecule has 0 fully saturated rings. The van der Waals surface area contributed by atoms with Crippen LogP contribution in [0.3, 0.4) is 0 Å². The quantitative estimate of drug-likeness (QED) is 0.425. The average Bonchev–Trinajstić information content (AvgIpc) is 2.73. The molecule has 0 bridgehead atoms. The predicted molar refractivity (Wildman–Crippen MR) is 109 cm³/mol. The average molecular weight is 374 g/mol. The molecule has 0 saturated heterocycles. The number of hydrogen-bond acceptors (Lipinski definition) is 3. The molecule has 0 radical (unpaired) electrons. The first kappa shape index (κ1) is 17.3. The van der Waals surface area contributed by atoms with E-state index in [4.69, 9.17) is 21.3 Å². The Kier molecular flexibility index (Phi) is 4.61. The molecule has 0 aliphatic carbocycles. The van der Waals surface area contributed by atoms with Gasteiger partial charge in [0.1, 0.15) is 5.75 Å². The number of nitrogens with zero attached hydrogens (tertiary/aromatic N) is 1. The third-order valence-corrected chi connectivity index (χ3v) is 4.69. The van der Waals surface area contributed by atoms with Gasteiger partial charge in [0.2, 0.25) is 0 Å². The molecule has 0 unspecified atom stereocenters. The summed E-state index contributed by atoms with van der Waals surface area (Å²) in [4.78, 5) is 18.0. The smallest absolute Gasteiger partial charge is 0.195 e. The first-order valence-corrected chi connectivity index (χ1v) is 8.88. The standard InChI is InChI=1S/C23H16ClNO2/c1-27-19-12-8-16(9-13-19)23(26)20-14-17-4-2-3-5-21(17)25-22(20)15-6-10-18(24)11-7-15/h2-14H,1H3. The van der Waals surface area contributed by atoms with E-state index in [9.17, 15) is 4.79 Å². The third-order valence-electron chi connectivity index (χ3n) is 4.44. The van der Waals surface area contributed by atoms with E-state index in [2.05, 4.69) is 0 Å². The Labute approximate surface area is 162 Å². The number of methoxy groups -OCH3 is 1. The maximum absolute atomic E-state index is 13.2. The number of benzene rings is 3. The monoisotopic (exact) mass is 373 g/mol. The Morgan fingerprint density at radius 3 is 2.33 bits per heavy atom. The van der Waals surface area contributed by atoms with Crippen molar-refractivity contribution in [1.82, 2.24) is 4.98 Å². The van der Waals surface area contributed by atoms with Crippen LogP contribution in [0.4, 0.5) is 0 Å². The lowest BCUT2D eigenvalue weighted by molar-refractivity contribution is 0.103. The molecule has 4 aromatic rings. The number of hydrogen-bond donors (Lipinski definition) is 0. The van der Waals surface area contributed by atoms with Gasteiger partial charge in [-0.25, -0.2) is 4.98 Å². The summed E-state index contributed by atoms with van der Waals surface area (Å²) in [5.74, 6) is 0.627. The van der Waals surface area contributed by atoms with Gasteiger partial charge in [0.05, 0.1) is 18.3 Å². The van der Waals surface area contributed by atoms with Gasteiger partial charge in [0, 0.05) is 27.1 Å². The molecule has 1 aromatic heterocycles. The van der Waals surface area contributed by atoms with E-state index in [-0.39, 0.29) is 5.78 Å². The molecular formula is C23H16ClNO2. The highest BCUT2D eigenvalue weighted by Crippen LogP contribution is 2.29. The number of fused-ring (bicyclic) bond motifs is 1. The second kappa shape index (κ2) is 7.22. The fourth-order valence-electron chi connectivity index (χ4n) is 3.01. The molecule has 1 heterocycles. The molecule has 0 atom stereocenters. The molecular weight excluding hydrogens is 358 g/mol. The van der Waals surface area contributed by atoms with Crippen LogP contribution in [0.15, 0.2) is 78.9 Å². The zero-order valence-corrected chi connectivity index (χ0v) is 15.4. The van der Waals surface area contributed by atoms with Gasteiger partial charge in [-0.2, -0.15) is 0 Å². The van der Waals surface area contributed by atoms with E-state index in [1.807, 2.05) is 42.5 Å². The topological polar surface area (TPSA) is 39.2 Å². The van der Waals surface area contributed by atoms with Crippen molar-refractivity contribution >= 4 is 28.3 Å². The number of carbonyl (C=O) groups excluding carboxylic acids is 1. The summed E-state index contributed by atoms with van der Waals surface area (Å²) < 4.78 is 5.18. The Balaban J connectivity index is 1.89. The largest absolute Gasteiger partial charge is 0.497 e. The van der Waals surface area contributed by atoms with Crippen molar-refractivity contribution in [2.24, 2.45) is 0 Å². The van der Waals surface area contributed by atoms with Crippen LogP contribution in [0.5, 0.6) is 5.75 Å². The molecule has 4 rings (SSSR count). The Morgan fingerprint density at radius 2 is 1.63 bits per heavy atom. The number of carbonyl (C=O) groups is 1. The lowest BCUT2D eigenvalue weighted by atomic mass is 9.96. The summed E-state index contributed by atoms with van der Waals surface area (Å²) in [6, 6.07) is 24.1. The van der Waals surface area contributed by atoms with Crippen molar-refractivity contribution in [2.45, 2.75) is 0 Å². The summed E-state index contributed by atoms with van der Waals surface area (Å²) in [5.41, 5.74) is 3.48. The third kappa shape index (κ3) is 3.42. The van der Waals surface area contributed by atoms with Crippen LogP contribution in [0.2, 0.25) is 5.02 Å². The van der Waals surface area contributed by atoms with Gasteiger partial charge in [-0.15, -0.1) is 0 Å². The van der Waals surface area contributed by atoms with Crippen molar-refractivity contribution in [3.8, 4) is 17.0 Å². The van der Waals surface area contributed by atoms with E-state index in [0.717, 1.165) is 16.5 Å². The Hall–Kier alpha value is -3.17. The van der Waals surface area contributed by atoms with Gasteiger partial charge in [0.15, 0.2) is 5.78 Å². The fourth-order valence-corrected chi connectivity index (χ4v) is 3.14. The summed E-state index contributed by atoms with van der Waals surface area (Å²) in [5, 5.41) is 1.56. The number of rotatable bonds is 4.